The van der Waals surface area contributed by atoms with Crippen LogP contribution in [-0.2, 0) is 14.4 Å². The number of nitrogens with zero attached hydrogens (tertiary/aromatic N) is 1. The lowest BCUT2D eigenvalue weighted by Crippen LogP contribution is -2.28. The maximum Gasteiger partial charge on any atom is 0.373 e. The Bertz CT molecular complexity index is 188. The highest BCUT2D eigenvalue weighted by molar-refractivity contribution is 5.72. The minimum Gasteiger partial charge on any atom is -0.412 e. The SMILES string of the molecule is CN=C=O.CNC(=O)NC.O.O=C=O. The molecule has 2 amide bonds. The number of urea groups is 1. The van der Waals surface area contributed by atoms with Crippen molar-refractivity contribution in [3.8, 4) is 0 Å². The predicted molar refractivity (Wildman–Crippen MR) is 46.2 cm³/mol. The van der Waals surface area contributed by atoms with Gasteiger partial charge in [-0.15, -0.1) is 0 Å². The van der Waals surface area contributed by atoms with Crippen LogP contribution in [0.25, 0.3) is 0 Å². The summed E-state index contributed by atoms with van der Waals surface area (Å²) in [6, 6.07) is -0.157. The van der Waals surface area contributed by atoms with E-state index < -0.39 is 0 Å². The monoisotopic (exact) mass is 207 g/mol. The Kier molecular flexibility index (Phi) is 49.5. The Morgan fingerprint density at radius 2 is 1.36 bits per heavy atom. The highest BCUT2D eigenvalue weighted by Crippen LogP contribution is 1.48. The quantitative estimate of drug-likeness (QED) is 0.353. The molecule has 0 fully saturated rings. The molecule has 0 aliphatic carbocycles. The highest BCUT2D eigenvalue weighted by atomic mass is 16.2. The molecule has 0 atom stereocenters. The van der Waals surface area contributed by atoms with Crippen molar-refractivity contribution in [3.63, 3.8) is 0 Å². The fourth-order valence-corrected chi connectivity index (χ4v) is 0.125. The van der Waals surface area contributed by atoms with Crippen LogP contribution in [0, 0.1) is 0 Å². The van der Waals surface area contributed by atoms with Gasteiger partial charge >= 0.3 is 12.2 Å². The van der Waals surface area contributed by atoms with E-state index >= 15 is 0 Å². The Hall–Kier alpha value is -2.01. The zero-order valence-corrected chi connectivity index (χ0v) is 8.08. The van der Waals surface area contributed by atoms with Crippen molar-refractivity contribution in [2.24, 2.45) is 4.99 Å². The number of aliphatic imine (C=N–C) groups is 1. The lowest BCUT2D eigenvalue weighted by Gasteiger charge is -1.91. The summed E-state index contributed by atoms with van der Waals surface area (Å²) in [6.45, 7) is 0. The molecule has 0 aromatic heterocycles. The summed E-state index contributed by atoms with van der Waals surface area (Å²) in [5, 5.41) is 4.73. The van der Waals surface area contributed by atoms with Crippen molar-refractivity contribution in [2.75, 3.05) is 21.1 Å². The largest absolute Gasteiger partial charge is 0.412 e. The lowest BCUT2D eigenvalue weighted by molar-refractivity contribution is -0.191. The molecule has 0 heterocycles. The molecule has 0 saturated heterocycles. The number of carbonyl (C=O) groups is 1. The average Bonchev–Trinajstić information content (AvgIpc) is 2.18. The van der Waals surface area contributed by atoms with Crippen molar-refractivity contribution >= 4 is 18.3 Å². The molecule has 14 heavy (non-hydrogen) atoms. The minimum atomic E-state index is -0.157. The molecule has 0 aliphatic rings. The van der Waals surface area contributed by atoms with Gasteiger partial charge in [0, 0.05) is 21.1 Å². The van der Waals surface area contributed by atoms with Crippen LogP contribution >= 0.6 is 0 Å². The summed E-state index contributed by atoms with van der Waals surface area (Å²) in [5.74, 6) is 0. The van der Waals surface area contributed by atoms with Gasteiger partial charge in [0.1, 0.15) is 0 Å². The van der Waals surface area contributed by atoms with Gasteiger partial charge in [0.05, 0.1) is 0 Å². The first-order valence-electron chi connectivity index (χ1n) is 2.99. The summed E-state index contributed by atoms with van der Waals surface area (Å²) in [5.41, 5.74) is 0. The second-order valence-electron chi connectivity index (χ2n) is 1.23. The van der Waals surface area contributed by atoms with E-state index in [1.807, 2.05) is 0 Å². The zero-order chi connectivity index (χ0) is 11.1. The minimum absolute atomic E-state index is 0. The second kappa shape index (κ2) is 30.6. The first-order valence-corrected chi connectivity index (χ1v) is 2.99. The molecule has 0 bridgehead atoms. The Morgan fingerprint density at radius 1 is 1.14 bits per heavy atom. The number of hydrogen-bond donors (Lipinski definition) is 2. The molecule has 8 heteroatoms. The smallest absolute Gasteiger partial charge is 0.373 e. The Labute approximate surface area is 80.7 Å². The molecule has 0 aliphatic heterocycles. The third-order valence-electron chi connectivity index (χ3n) is 0.545. The molecule has 0 rings (SSSR count). The van der Waals surface area contributed by atoms with Crippen LogP contribution in [0.5, 0.6) is 0 Å². The number of amides is 2. The van der Waals surface area contributed by atoms with Crippen LogP contribution < -0.4 is 10.6 Å². The number of hydrogen-bond acceptors (Lipinski definition) is 5. The van der Waals surface area contributed by atoms with E-state index in [-0.39, 0.29) is 17.7 Å². The van der Waals surface area contributed by atoms with Gasteiger partial charge in [-0.3, -0.25) is 0 Å². The number of nitrogens with one attached hydrogen (secondary N) is 2. The molecule has 0 aromatic carbocycles. The van der Waals surface area contributed by atoms with Crippen molar-refractivity contribution in [1.29, 1.82) is 0 Å². The van der Waals surface area contributed by atoms with Gasteiger partial charge < -0.3 is 16.1 Å². The lowest BCUT2D eigenvalue weighted by atomic mass is 11.0. The third-order valence-corrected chi connectivity index (χ3v) is 0.545. The van der Waals surface area contributed by atoms with Crippen molar-refractivity contribution in [3.05, 3.63) is 0 Å². The molecule has 0 spiro atoms. The van der Waals surface area contributed by atoms with Crippen LogP contribution in [0.2, 0.25) is 0 Å². The van der Waals surface area contributed by atoms with Gasteiger partial charge in [-0.2, -0.15) is 9.59 Å². The van der Waals surface area contributed by atoms with Gasteiger partial charge in [0.15, 0.2) is 0 Å². The van der Waals surface area contributed by atoms with Gasteiger partial charge in [-0.1, -0.05) is 0 Å². The van der Waals surface area contributed by atoms with Crippen molar-refractivity contribution < 1.29 is 24.7 Å². The molecular formula is C6H13N3O5. The molecule has 0 radical (unpaired) electrons. The van der Waals surface area contributed by atoms with E-state index in [4.69, 9.17) is 14.4 Å². The average molecular weight is 207 g/mol. The van der Waals surface area contributed by atoms with Crippen LogP contribution in [0.1, 0.15) is 0 Å². The molecule has 8 nitrogen and oxygen atoms in total. The number of isocyanates is 1. The fourth-order valence-electron chi connectivity index (χ4n) is 0.125. The molecular weight excluding hydrogens is 194 g/mol. The Balaban J connectivity index is -0.0000000553. The molecule has 82 valence electrons. The van der Waals surface area contributed by atoms with E-state index in [0.717, 1.165) is 0 Å². The molecule has 0 unspecified atom stereocenters. The third kappa shape index (κ3) is 90.3. The van der Waals surface area contributed by atoms with Crippen LogP contribution in [0.4, 0.5) is 4.79 Å². The van der Waals surface area contributed by atoms with E-state index in [9.17, 15) is 4.79 Å². The highest BCUT2D eigenvalue weighted by Gasteiger charge is 1.81. The van der Waals surface area contributed by atoms with Crippen LogP contribution in [-0.4, -0.2) is 44.9 Å². The van der Waals surface area contributed by atoms with Gasteiger partial charge in [-0.05, 0) is 0 Å². The first-order chi connectivity index (χ1) is 6.14. The molecule has 4 N–H and O–H groups in total. The summed E-state index contributed by atoms with van der Waals surface area (Å²) in [6.07, 6.45) is 1.56. The van der Waals surface area contributed by atoms with Gasteiger partial charge in [0.2, 0.25) is 6.08 Å². The van der Waals surface area contributed by atoms with Gasteiger partial charge in [-0.25, -0.2) is 14.6 Å². The maximum atomic E-state index is 9.96. The topological polar surface area (TPSA) is 136 Å². The van der Waals surface area contributed by atoms with Crippen LogP contribution in [0.15, 0.2) is 4.99 Å². The fraction of sp³-hybridized carbons (Fsp3) is 0.500. The predicted octanol–water partition coefficient (Wildman–Crippen LogP) is -1.91. The summed E-state index contributed by atoms with van der Waals surface area (Å²) >= 11 is 0. The van der Waals surface area contributed by atoms with Gasteiger partial charge in [0.25, 0.3) is 0 Å². The maximum absolute atomic E-state index is 9.96. The van der Waals surface area contributed by atoms with E-state index in [2.05, 4.69) is 15.6 Å². The molecule has 0 saturated carbocycles. The Morgan fingerprint density at radius 3 is 1.36 bits per heavy atom. The number of rotatable bonds is 0. The van der Waals surface area contributed by atoms with Crippen molar-refractivity contribution in [2.45, 2.75) is 0 Å². The summed E-state index contributed by atoms with van der Waals surface area (Å²) in [4.78, 5) is 38.0. The second-order valence-corrected chi connectivity index (χ2v) is 1.23. The first kappa shape index (κ1) is 22.7. The standard InChI is InChI=1S/C3H8N2O.C2H3NO.CO2.H2O/c1-4-3(6)5-2;1-3-2-4;2-1-3;/h1-2H3,(H2,4,5,6);1H3;;1H2. The van der Waals surface area contributed by atoms with E-state index in [1.165, 1.54) is 13.1 Å². The normalized spacial score (nSPS) is 4.79. The van der Waals surface area contributed by atoms with Crippen molar-refractivity contribution in [1.82, 2.24) is 10.6 Å². The molecule has 0 aromatic rings. The summed E-state index contributed by atoms with van der Waals surface area (Å²) < 4.78 is 0. The summed E-state index contributed by atoms with van der Waals surface area (Å²) in [7, 11) is 4.52. The van der Waals surface area contributed by atoms with Crippen LogP contribution in [0.3, 0.4) is 0 Å². The zero-order valence-electron chi connectivity index (χ0n) is 8.08. The number of carbonyl (C=O) groups excluding carboxylic acids is 4. The van der Waals surface area contributed by atoms with E-state index in [1.54, 1.807) is 14.1 Å². The van der Waals surface area contributed by atoms with E-state index in [0.29, 0.717) is 0 Å².